The molecule has 0 aliphatic heterocycles. The van der Waals surface area contributed by atoms with Gasteiger partial charge in [0.2, 0.25) is 0 Å². The minimum atomic E-state index is 0.525. The van der Waals surface area contributed by atoms with E-state index in [1.807, 2.05) is 31.3 Å². The summed E-state index contributed by atoms with van der Waals surface area (Å²) in [6, 6.07) is 5.79. The molecule has 2 rings (SSSR count). The highest BCUT2D eigenvalue weighted by atomic mass is 15.3. The van der Waals surface area contributed by atoms with E-state index in [1.165, 1.54) is 0 Å². The molecule has 72 valence electrons. The fourth-order valence-corrected chi connectivity index (χ4v) is 1.36. The maximum Gasteiger partial charge on any atom is 0.153 e. The smallest absolute Gasteiger partial charge is 0.153 e. The maximum atomic E-state index is 5.58. The molecule has 4 heteroatoms. The second kappa shape index (κ2) is 3.59. The van der Waals surface area contributed by atoms with Crippen molar-refractivity contribution >= 4 is 0 Å². The van der Waals surface area contributed by atoms with E-state index < -0.39 is 0 Å². The standard InChI is InChI=1S/C10H12N4/c1-8-5-9(7-11)6-10(13-8)14-4-2-3-12-14/h2-6H,7,11H2,1H3. The van der Waals surface area contributed by atoms with Crippen molar-refractivity contribution in [1.29, 1.82) is 0 Å². The summed E-state index contributed by atoms with van der Waals surface area (Å²) in [5.74, 6) is 0.815. The van der Waals surface area contributed by atoms with Crippen LogP contribution in [0.2, 0.25) is 0 Å². The summed E-state index contributed by atoms with van der Waals surface area (Å²) in [6.07, 6.45) is 3.59. The second-order valence-electron chi connectivity index (χ2n) is 3.13. The van der Waals surface area contributed by atoms with Gasteiger partial charge >= 0.3 is 0 Å². The first-order valence-corrected chi connectivity index (χ1v) is 4.47. The van der Waals surface area contributed by atoms with Crippen LogP contribution in [0.5, 0.6) is 0 Å². The molecule has 0 saturated heterocycles. The van der Waals surface area contributed by atoms with Gasteiger partial charge in [0.15, 0.2) is 5.82 Å². The minimum absolute atomic E-state index is 0.525. The Morgan fingerprint density at radius 1 is 1.43 bits per heavy atom. The zero-order chi connectivity index (χ0) is 9.97. The molecule has 0 atom stereocenters. The third-order valence-corrected chi connectivity index (χ3v) is 1.97. The molecule has 0 saturated carbocycles. The lowest BCUT2D eigenvalue weighted by molar-refractivity contribution is 0.834. The van der Waals surface area contributed by atoms with Gasteiger partial charge in [0.05, 0.1) is 0 Å². The fourth-order valence-electron chi connectivity index (χ4n) is 1.36. The van der Waals surface area contributed by atoms with Gasteiger partial charge in [-0.05, 0) is 30.7 Å². The van der Waals surface area contributed by atoms with E-state index in [0.29, 0.717) is 6.54 Å². The number of hydrogen-bond donors (Lipinski definition) is 1. The highest BCUT2D eigenvalue weighted by Crippen LogP contribution is 2.08. The Hall–Kier alpha value is -1.68. The predicted molar refractivity (Wildman–Crippen MR) is 54.0 cm³/mol. The van der Waals surface area contributed by atoms with Gasteiger partial charge in [-0.1, -0.05) is 0 Å². The van der Waals surface area contributed by atoms with Gasteiger partial charge in [0.1, 0.15) is 0 Å². The van der Waals surface area contributed by atoms with Crippen LogP contribution in [-0.4, -0.2) is 14.8 Å². The van der Waals surface area contributed by atoms with Gasteiger partial charge in [-0.2, -0.15) is 5.10 Å². The first-order valence-electron chi connectivity index (χ1n) is 4.47. The number of nitrogens with zero attached hydrogens (tertiary/aromatic N) is 3. The third-order valence-electron chi connectivity index (χ3n) is 1.97. The molecular weight excluding hydrogens is 176 g/mol. The molecular formula is C10H12N4. The summed E-state index contributed by atoms with van der Waals surface area (Å²) in [7, 11) is 0. The molecule has 2 aromatic rings. The van der Waals surface area contributed by atoms with Crippen LogP contribution in [0, 0.1) is 6.92 Å². The van der Waals surface area contributed by atoms with E-state index in [-0.39, 0.29) is 0 Å². The van der Waals surface area contributed by atoms with Crippen molar-refractivity contribution in [2.45, 2.75) is 13.5 Å². The van der Waals surface area contributed by atoms with Crippen LogP contribution in [0.15, 0.2) is 30.6 Å². The largest absolute Gasteiger partial charge is 0.326 e. The molecule has 0 aliphatic carbocycles. The lowest BCUT2D eigenvalue weighted by Crippen LogP contribution is -2.03. The van der Waals surface area contributed by atoms with Crippen molar-refractivity contribution in [3.63, 3.8) is 0 Å². The van der Waals surface area contributed by atoms with Crippen LogP contribution in [0.4, 0.5) is 0 Å². The maximum absolute atomic E-state index is 5.58. The zero-order valence-electron chi connectivity index (χ0n) is 8.01. The van der Waals surface area contributed by atoms with Crippen molar-refractivity contribution in [2.75, 3.05) is 0 Å². The Labute approximate surface area is 82.4 Å². The normalized spacial score (nSPS) is 10.4. The van der Waals surface area contributed by atoms with E-state index in [2.05, 4.69) is 10.1 Å². The molecule has 0 fully saturated rings. The highest BCUT2D eigenvalue weighted by Gasteiger charge is 2.00. The highest BCUT2D eigenvalue weighted by molar-refractivity contribution is 5.29. The number of nitrogens with two attached hydrogens (primary N) is 1. The quantitative estimate of drug-likeness (QED) is 0.766. The average Bonchev–Trinajstić information content (AvgIpc) is 2.69. The van der Waals surface area contributed by atoms with Crippen LogP contribution in [0.1, 0.15) is 11.3 Å². The van der Waals surface area contributed by atoms with Gasteiger partial charge in [-0.15, -0.1) is 0 Å². The van der Waals surface area contributed by atoms with Gasteiger partial charge in [-0.3, -0.25) is 0 Å². The van der Waals surface area contributed by atoms with E-state index in [0.717, 1.165) is 17.1 Å². The molecule has 2 N–H and O–H groups in total. The molecule has 14 heavy (non-hydrogen) atoms. The number of aryl methyl sites for hydroxylation is 1. The molecule has 0 unspecified atom stereocenters. The van der Waals surface area contributed by atoms with Crippen LogP contribution in [0.3, 0.4) is 0 Å². The van der Waals surface area contributed by atoms with Gasteiger partial charge in [-0.25, -0.2) is 9.67 Å². The molecule has 0 radical (unpaired) electrons. The molecule has 0 aliphatic rings. The molecule has 0 spiro atoms. The Balaban J connectivity index is 2.48. The predicted octanol–water partition coefficient (Wildman–Crippen LogP) is 1.03. The van der Waals surface area contributed by atoms with Crippen molar-refractivity contribution in [3.8, 4) is 5.82 Å². The van der Waals surface area contributed by atoms with Crippen LogP contribution >= 0.6 is 0 Å². The summed E-state index contributed by atoms with van der Waals surface area (Å²) in [4.78, 5) is 4.37. The topological polar surface area (TPSA) is 56.7 Å². The van der Waals surface area contributed by atoms with Crippen LogP contribution < -0.4 is 5.73 Å². The summed E-state index contributed by atoms with van der Waals surface area (Å²) in [5.41, 5.74) is 7.61. The lowest BCUT2D eigenvalue weighted by atomic mass is 10.2. The van der Waals surface area contributed by atoms with Crippen molar-refractivity contribution in [2.24, 2.45) is 5.73 Å². The van der Waals surface area contributed by atoms with Crippen LogP contribution in [-0.2, 0) is 6.54 Å². The third kappa shape index (κ3) is 1.65. The fraction of sp³-hybridized carbons (Fsp3) is 0.200. The molecule has 4 nitrogen and oxygen atoms in total. The van der Waals surface area contributed by atoms with E-state index in [9.17, 15) is 0 Å². The van der Waals surface area contributed by atoms with Gasteiger partial charge in [0, 0.05) is 24.6 Å². The Morgan fingerprint density at radius 3 is 2.93 bits per heavy atom. The van der Waals surface area contributed by atoms with E-state index in [4.69, 9.17) is 5.73 Å². The lowest BCUT2D eigenvalue weighted by Gasteiger charge is -2.04. The van der Waals surface area contributed by atoms with Crippen LogP contribution in [0.25, 0.3) is 5.82 Å². The summed E-state index contributed by atoms with van der Waals surface area (Å²) in [6.45, 7) is 2.48. The van der Waals surface area contributed by atoms with Crippen molar-refractivity contribution < 1.29 is 0 Å². The minimum Gasteiger partial charge on any atom is -0.326 e. The van der Waals surface area contributed by atoms with Gasteiger partial charge < -0.3 is 5.73 Å². The monoisotopic (exact) mass is 188 g/mol. The van der Waals surface area contributed by atoms with Crippen molar-refractivity contribution in [1.82, 2.24) is 14.8 Å². The first kappa shape index (κ1) is 8.90. The Bertz CT molecular complexity index is 420. The number of hydrogen-bond acceptors (Lipinski definition) is 3. The molecule has 0 bridgehead atoms. The Morgan fingerprint density at radius 2 is 2.29 bits per heavy atom. The van der Waals surface area contributed by atoms with Gasteiger partial charge in [0.25, 0.3) is 0 Å². The number of rotatable bonds is 2. The molecule has 0 aromatic carbocycles. The number of pyridine rings is 1. The number of aromatic nitrogens is 3. The summed E-state index contributed by atoms with van der Waals surface area (Å²) in [5, 5.41) is 4.12. The SMILES string of the molecule is Cc1cc(CN)cc(-n2cccn2)n1. The van der Waals surface area contributed by atoms with E-state index in [1.54, 1.807) is 10.9 Å². The second-order valence-corrected chi connectivity index (χ2v) is 3.13. The van der Waals surface area contributed by atoms with Crippen molar-refractivity contribution in [3.05, 3.63) is 41.9 Å². The molecule has 0 amide bonds. The average molecular weight is 188 g/mol. The summed E-state index contributed by atoms with van der Waals surface area (Å²) >= 11 is 0. The molecule has 2 heterocycles. The van der Waals surface area contributed by atoms with E-state index >= 15 is 0 Å². The Kier molecular flexibility index (Phi) is 2.28. The molecule has 2 aromatic heterocycles. The summed E-state index contributed by atoms with van der Waals surface area (Å²) < 4.78 is 1.73. The zero-order valence-corrected chi connectivity index (χ0v) is 8.01. The first-order chi connectivity index (χ1) is 6.79.